The zero-order chi connectivity index (χ0) is 13.6. The van der Waals surface area contributed by atoms with Crippen LogP contribution in [0, 0.1) is 5.41 Å². The Bertz CT molecular complexity index is 450. The van der Waals surface area contributed by atoms with E-state index in [1.165, 1.54) is 18.4 Å². The van der Waals surface area contributed by atoms with Crippen LogP contribution < -0.4 is 5.32 Å². The molecule has 0 radical (unpaired) electrons. The SMILES string of the molecule is CC1(C)C(O)CC1NC1CC(c2ccc(Cl)cc2)C1. The van der Waals surface area contributed by atoms with E-state index in [-0.39, 0.29) is 11.5 Å². The summed E-state index contributed by atoms with van der Waals surface area (Å²) in [7, 11) is 0. The molecule has 2 nitrogen and oxygen atoms in total. The molecule has 104 valence electrons. The Labute approximate surface area is 120 Å². The van der Waals surface area contributed by atoms with Gasteiger partial charge in [0.2, 0.25) is 0 Å². The Morgan fingerprint density at radius 3 is 2.32 bits per heavy atom. The third kappa shape index (κ3) is 2.42. The summed E-state index contributed by atoms with van der Waals surface area (Å²) >= 11 is 5.91. The van der Waals surface area contributed by atoms with E-state index < -0.39 is 0 Å². The van der Waals surface area contributed by atoms with Crippen molar-refractivity contribution in [2.75, 3.05) is 0 Å². The monoisotopic (exact) mass is 279 g/mol. The molecule has 0 amide bonds. The zero-order valence-electron chi connectivity index (χ0n) is 11.6. The van der Waals surface area contributed by atoms with Crippen molar-refractivity contribution in [3.63, 3.8) is 0 Å². The van der Waals surface area contributed by atoms with Crippen molar-refractivity contribution in [1.82, 2.24) is 5.32 Å². The van der Waals surface area contributed by atoms with Gasteiger partial charge in [-0.3, -0.25) is 0 Å². The lowest BCUT2D eigenvalue weighted by Gasteiger charge is -2.53. The predicted molar refractivity (Wildman–Crippen MR) is 78.5 cm³/mol. The molecule has 3 heteroatoms. The first-order chi connectivity index (χ1) is 8.96. The van der Waals surface area contributed by atoms with Crippen molar-refractivity contribution >= 4 is 11.6 Å². The molecule has 3 rings (SSSR count). The fraction of sp³-hybridized carbons (Fsp3) is 0.625. The summed E-state index contributed by atoms with van der Waals surface area (Å²) in [4.78, 5) is 0. The molecule has 0 aromatic heterocycles. The highest BCUT2D eigenvalue weighted by atomic mass is 35.5. The van der Waals surface area contributed by atoms with Gasteiger partial charge in [0, 0.05) is 22.5 Å². The van der Waals surface area contributed by atoms with Gasteiger partial charge in [0.05, 0.1) is 6.10 Å². The lowest BCUT2D eigenvalue weighted by atomic mass is 9.63. The highest BCUT2D eigenvalue weighted by Crippen LogP contribution is 2.44. The first-order valence-corrected chi connectivity index (χ1v) is 7.54. The van der Waals surface area contributed by atoms with Crippen LogP contribution in [0.4, 0.5) is 0 Å². The van der Waals surface area contributed by atoms with E-state index in [0.717, 1.165) is 11.4 Å². The van der Waals surface area contributed by atoms with E-state index in [1.807, 2.05) is 12.1 Å². The van der Waals surface area contributed by atoms with E-state index in [0.29, 0.717) is 18.0 Å². The standard InChI is InChI=1S/C16H22ClNO/c1-16(2)14(9-15(16)19)18-13-7-11(8-13)10-3-5-12(17)6-4-10/h3-6,11,13-15,18-19H,7-9H2,1-2H3. The normalized spacial score (nSPS) is 36.4. The minimum atomic E-state index is -0.142. The summed E-state index contributed by atoms with van der Waals surface area (Å²) in [6.45, 7) is 4.29. The lowest BCUT2D eigenvalue weighted by Crippen LogP contribution is -2.63. The Hall–Kier alpha value is -0.570. The van der Waals surface area contributed by atoms with Crippen LogP contribution in [0.1, 0.15) is 44.6 Å². The maximum Gasteiger partial charge on any atom is 0.0621 e. The van der Waals surface area contributed by atoms with Gasteiger partial charge in [-0.05, 0) is 42.9 Å². The number of halogens is 1. The summed E-state index contributed by atoms with van der Waals surface area (Å²) in [5.74, 6) is 0.669. The molecule has 1 aromatic carbocycles. The Balaban J connectivity index is 1.50. The minimum Gasteiger partial charge on any atom is -0.392 e. The summed E-state index contributed by atoms with van der Waals surface area (Å²) in [5.41, 5.74) is 1.43. The number of aliphatic hydroxyl groups excluding tert-OH is 1. The second kappa shape index (κ2) is 4.76. The Kier molecular flexibility index (Phi) is 3.36. The van der Waals surface area contributed by atoms with Crippen LogP contribution in [0.25, 0.3) is 0 Å². The van der Waals surface area contributed by atoms with Crippen LogP contribution in [0.3, 0.4) is 0 Å². The minimum absolute atomic E-state index is 0.0331. The van der Waals surface area contributed by atoms with Gasteiger partial charge in [0.25, 0.3) is 0 Å². The van der Waals surface area contributed by atoms with Crippen molar-refractivity contribution in [2.24, 2.45) is 5.41 Å². The van der Waals surface area contributed by atoms with Crippen LogP contribution >= 0.6 is 11.6 Å². The molecule has 2 unspecified atom stereocenters. The van der Waals surface area contributed by atoms with Crippen molar-refractivity contribution in [3.05, 3.63) is 34.9 Å². The highest BCUT2D eigenvalue weighted by Gasteiger charge is 2.48. The van der Waals surface area contributed by atoms with Crippen LogP contribution in [-0.2, 0) is 0 Å². The number of aliphatic hydroxyl groups is 1. The summed E-state index contributed by atoms with van der Waals surface area (Å²) in [5, 5.41) is 14.3. The first kappa shape index (κ1) is 13.4. The van der Waals surface area contributed by atoms with Crippen LogP contribution in [-0.4, -0.2) is 23.3 Å². The molecule has 1 aromatic rings. The van der Waals surface area contributed by atoms with Crippen LogP contribution in [0.15, 0.2) is 24.3 Å². The Morgan fingerprint density at radius 2 is 1.79 bits per heavy atom. The molecule has 0 heterocycles. The van der Waals surface area contributed by atoms with Crippen molar-refractivity contribution < 1.29 is 5.11 Å². The first-order valence-electron chi connectivity index (χ1n) is 7.16. The second-order valence-electron chi connectivity index (χ2n) is 6.71. The number of benzene rings is 1. The maximum atomic E-state index is 9.75. The zero-order valence-corrected chi connectivity index (χ0v) is 12.3. The number of hydrogen-bond donors (Lipinski definition) is 2. The predicted octanol–water partition coefficient (Wildman–Crippen LogP) is 3.34. The lowest BCUT2D eigenvalue weighted by molar-refractivity contribution is -0.0793. The van der Waals surface area contributed by atoms with Gasteiger partial charge in [0.1, 0.15) is 0 Å². The molecule has 0 bridgehead atoms. The average molecular weight is 280 g/mol. The maximum absolute atomic E-state index is 9.75. The van der Waals surface area contributed by atoms with E-state index >= 15 is 0 Å². The average Bonchev–Trinajstić information content (AvgIpc) is 2.33. The van der Waals surface area contributed by atoms with Crippen LogP contribution in [0.2, 0.25) is 5.02 Å². The Morgan fingerprint density at radius 1 is 1.16 bits per heavy atom. The third-order valence-electron chi connectivity index (χ3n) is 5.13. The molecule has 0 aliphatic heterocycles. The molecule has 19 heavy (non-hydrogen) atoms. The summed E-state index contributed by atoms with van der Waals surface area (Å²) in [6.07, 6.45) is 3.15. The van der Waals surface area contributed by atoms with Crippen molar-refractivity contribution in [1.29, 1.82) is 0 Å². The molecule has 0 saturated heterocycles. The topological polar surface area (TPSA) is 32.3 Å². The van der Waals surface area contributed by atoms with Gasteiger partial charge in [-0.1, -0.05) is 37.6 Å². The second-order valence-corrected chi connectivity index (χ2v) is 7.15. The highest BCUT2D eigenvalue weighted by molar-refractivity contribution is 6.30. The molecule has 2 N–H and O–H groups in total. The fourth-order valence-electron chi connectivity index (χ4n) is 3.23. The van der Waals surface area contributed by atoms with Crippen molar-refractivity contribution in [3.8, 4) is 0 Å². The van der Waals surface area contributed by atoms with Gasteiger partial charge >= 0.3 is 0 Å². The van der Waals surface area contributed by atoms with E-state index in [9.17, 15) is 5.11 Å². The number of rotatable bonds is 3. The molecule has 2 atom stereocenters. The summed E-state index contributed by atoms with van der Waals surface area (Å²) < 4.78 is 0. The molecule has 2 aliphatic carbocycles. The molecule has 0 spiro atoms. The van der Waals surface area contributed by atoms with E-state index in [4.69, 9.17) is 11.6 Å². The summed E-state index contributed by atoms with van der Waals surface area (Å²) in [6, 6.07) is 9.31. The quantitative estimate of drug-likeness (QED) is 0.889. The number of nitrogens with one attached hydrogen (secondary N) is 1. The van der Waals surface area contributed by atoms with E-state index in [2.05, 4.69) is 31.3 Å². The number of hydrogen-bond acceptors (Lipinski definition) is 2. The molecule has 2 saturated carbocycles. The van der Waals surface area contributed by atoms with Gasteiger partial charge in [-0.15, -0.1) is 0 Å². The molecular weight excluding hydrogens is 258 g/mol. The largest absolute Gasteiger partial charge is 0.392 e. The molecule has 2 fully saturated rings. The van der Waals surface area contributed by atoms with Gasteiger partial charge in [-0.25, -0.2) is 0 Å². The molecular formula is C16H22ClNO. The van der Waals surface area contributed by atoms with Gasteiger partial charge in [0.15, 0.2) is 0 Å². The smallest absolute Gasteiger partial charge is 0.0621 e. The fourth-order valence-corrected chi connectivity index (χ4v) is 3.36. The van der Waals surface area contributed by atoms with Crippen molar-refractivity contribution in [2.45, 2.75) is 57.2 Å². The van der Waals surface area contributed by atoms with Crippen LogP contribution in [0.5, 0.6) is 0 Å². The van der Waals surface area contributed by atoms with Gasteiger partial charge in [-0.2, -0.15) is 0 Å². The molecule has 2 aliphatic rings. The van der Waals surface area contributed by atoms with E-state index in [1.54, 1.807) is 0 Å². The van der Waals surface area contributed by atoms with Gasteiger partial charge < -0.3 is 10.4 Å². The third-order valence-corrected chi connectivity index (χ3v) is 5.38.